The standard InChI is InChI=1S/C17H21N3O3/c1-12(21)14-4-3-9-20(10-14)11-16-18-17(19-23-16)13-5-7-15(22-2)8-6-13/h5-8,14H,3-4,9-11H2,1-2H3/t14-/m1/s1. The molecule has 1 saturated heterocycles. The van der Waals surface area contributed by atoms with Crippen molar-refractivity contribution in [3.05, 3.63) is 30.2 Å². The molecule has 1 aromatic carbocycles. The molecule has 2 heterocycles. The Morgan fingerprint density at radius 3 is 2.87 bits per heavy atom. The summed E-state index contributed by atoms with van der Waals surface area (Å²) in [6.45, 7) is 4.00. The van der Waals surface area contributed by atoms with Gasteiger partial charge in [-0.25, -0.2) is 0 Å². The number of piperidine rings is 1. The van der Waals surface area contributed by atoms with Gasteiger partial charge in [-0.2, -0.15) is 4.98 Å². The highest BCUT2D eigenvalue weighted by atomic mass is 16.5. The molecule has 6 nitrogen and oxygen atoms in total. The minimum absolute atomic E-state index is 0.132. The van der Waals surface area contributed by atoms with Gasteiger partial charge in [-0.1, -0.05) is 5.16 Å². The molecule has 1 fully saturated rings. The summed E-state index contributed by atoms with van der Waals surface area (Å²) in [5, 5.41) is 4.04. The van der Waals surface area contributed by atoms with Crippen LogP contribution in [0.3, 0.4) is 0 Å². The molecule has 0 spiro atoms. The molecule has 23 heavy (non-hydrogen) atoms. The highest BCUT2D eigenvalue weighted by molar-refractivity contribution is 5.78. The lowest BCUT2D eigenvalue weighted by atomic mass is 9.95. The lowest BCUT2D eigenvalue weighted by Gasteiger charge is -2.30. The average molecular weight is 315 g/mol. The lowest BCUT2D eigenvalue weighted by Crippen LogP contribution is -2.37. The Morgan fingerprint density at radius 1 is 1.39 bits per heavy atom. The van der Waals surface area contributed by atoms with Crippen molar-refractivity contribution in [2.75, 3.05) is 20.2 Å². The van der Waals surface area contributed by atoms with Crippen LogP contribution in [0.5, 0.6) is 5.75 Å². The number of benzene rings is 1. The summed E-state index contributed by atoms with van der Waals surface area (Å²) in [6.07, 6.45) is 2.01. The van der Waals surface area contributed by atoms with Crippen LogP contribution >= 0.6 is 0 Å². The molecule has 1 aliphatic heterocycles. The Balaban J connectivity index is 1.65. The maximum absolute atomic E-state index is 11.5. The zero-order valence-electron chi connectivity index (χ0n) is 13.5. The highest BCUT2D eigenvalue weighted by Crippen LogP contribution is 2.22. The van der Waals surface area contributed by atoms with Crippen LogP contribution in [0.1, 0.15) is 25.7 Å². The van der Waals surface area contributed by atoms with Crippen LogP contribution < -0.4 is 4.74 Å². The summed E-state index contributed by atoms with van der Waals surface area (Å²) < 4.78 is 10.5. The molecule has 0 bridgehead atoms. The minimum Gasteiger partial charge on any atom is -0.497 e. The van der Waals surface area contributed by atoms with Crippen molar-refractivity contribution in [2.24, 2.45) is 5.92 Å². The number of ketones is 1. The average Bonchev–Trinajstić information content (AvgIpc) is 3.03. The van der Waals surface area contributed by atoms with Gasteiger partial charge >= 0.3 is 0 Å². The van der Waals surface area contributed by atoms with E-state index in [9.17, 15) is 4.79 Å². The third-order valence-electron chi connectivity index (χ3n) is 4.26. The Labute approximate surface area is 135 Å². The Morgan fingerprint density at radius 2 is 2.17 bits per heavy atom. The second-order valence-corrected chi connectivity index (χ2v) is 5.93. The molecule has 0 saturated carbocycles. The summed E-state index contributed by atoms with van der Waals surface area (Å²) in [5.74, 6) is 2.34. The largest absolute Gasteiger partial charge is 0.497 e. The second-order valence-electron chi connectivity index (χ2n) is 5.93. The molecular weight excluding hydrogens is 294 g/mol. The van der Waals surface area contributed by atoms with Gasteiger partial charge in [-0.15, -0.1) is 0 Å². The number of nitrogens with zero attached hydrogens (tertiary/aromatic N) is 3. The number of methoxy groups -OCH3 is 1. The van der Waals surface area contributed by atoms with E-state index < -0.39 is 0 Å². The van der Waals surface area contributed by atoms with Crippen molar-refractivity contribution >= 4 is 5.78 Å². The second kappa shape index (κ2) is 6.91. The lowest BCUT2D eigenvalue weighted by molar-refractivity contribution is -0.122. The molecule has 1 aromatic heterocycles. The van der Waals surface area contributed by atoms with Crippen LogP contribution in [-0.4, -0.2) is 41.0 Å². The number of hydrogen-bond acceptors (Lipinski definition) is 6. The van der Waals surface area contributed by atoms with Gasteiger partial charge in [0.05, 0.1) is 13.7 Å². The predicted octanol–water partition coefficient (Wildman–Crippen LogP) is 2.55. The third-order valence-corrected chi connectivity index (χ3v) is 4.26. The fraction of sp³-hybridized carbons (Fsp3) is 0.471. The van der Waals surface area contributed by atoms with Crippen LogP contribution in [0.25, 0.3) is 11.4 Å². The maximum Gasteiger partial charge on any atom is 0.241 e. The van der Waals surface area contributed by atoms with E-state index in [-0.39, 0.29) is 11.7 Å². The van der Waals surface area contributed by atoms with Gasteiger partial charge in [-0.05, 0) is 50.6 Å². The van der Waals surface area contributed by atoms with Gasteiger partial charge < -0.3 is 9.26 Å². The first kappa shape index (κ1) is 15.7. The Hall–Kier alpha value is -2.21. The van der Waals surface area contributed by atoms with E-state index >= 15 is 0 Å². The molecule has 122 valence electrons. The molecule has 1 atom stereocenters. The number of carbonyl (C=O) groups excluding carboxylic acids is 1. The van der Waals surface area contributed by atoms with E-state index in [1.54, 1.807) is 14.0 Å². The zero-order chi connectivity index (χ0) is 16.2. The quantitative estimate of drug-likeness (QED) is 0.844. The maximum atomic E-state index is 11.5. The van der Waals surface area contributed by atoms with Crippen LogP contribution in [0.4, 0.5) is 0 Å². The molecule has 3 rings (SSSR count). The van der Waals surface area contributed by atoms with Crippen LogP contribution in [0.15, 0.2) is 28.8 Å². The van der Waals surface area contributed by atoms with Gasteiger partial charge in [0.25, 0.3) is 0 Å². The SMILES string of the molecule is COc1ccc(-c2noc(CN3CCC[C@@H](C(C)=O)C3)n2)cc1. The van der Waals surface area contributed by atoms with Gasteiger partial charge in [-0.3, -0.25) is 9.69 Å². The van der Waals surface area contributed by atoms with Crippen molar-refractivity contribution in [3.8, 4) is 17.1 Å². The summed E-state index contributed by atoms with van der Waals surface area (Å²) in [6, 6.07) is 7.54. The monoisotopic (exact) mass is 315 g/mol. The number of rotatable bonds is 5. The van der Waals surface area contributed by atoms with Gasteiger partial charge in [0.15, 0.2) is 0 Å². The normalized spacial score (nSPS) is 18.8. The number of aromatic nitrogens is 2. The van der Waals surface area contributed by atoms with E-state index in [1.807, 2.05) is 24.3 Å². The van der Waals surface area contributed by atoms with E-state index in [1.165, 1.54) is 0 Å². The fourth-order valence-electron chi connectivity index (χ4n) is 2.90. The number of likely N-dealkylation sites (tertiary alicyclic amines) is 1. The topological polar surface area (TPSA) is 68.5 Å². The van der Waals surface area contributed by atoms with Gasteiger partial charge in [0.2, 0.25) is 11.7 Å². The summed E-state index contributed by atoms with van der Waals surface area (Å²) >= 11 is 0. The van der Waals surface area contributed by atoms with Crippen molar-refractivity contribution in [1.29, 1.82) is 0 Å². The number of ether oxygens (including phenoxy) is 1. The molecule has 2 aromatic rings. The predicted molar refractivity (Wildman–Crippen MR) is 85.0 cm³/mol. The first-order valence-electron chi connectivity index (χ1n) is 7.85. The highest BCUT2D eigenvalue weighted by Gasteiger charge is 2.24. The van der Waals surface area contributed by atoms with Gasteiger partial charge in [0.1, 0.15) is 11.5 Å². The van der Waals surface area contributed by atoms with E-state index in [4.69, 9.17) is 9.26 Å². The van der Waals surface area contributed by atoms with E-state index in [0.29, 0.717) is 18.3 Å². The van der Waals surface area contributed by atoms with Crippen molar-refractivity contribution in [1.82, 2.24) is 15.0 Å². The molecule has 0 radical (unpaired) electrons. The van der Waals surface area contributed by atoms with Crippen LogP contribution in [-0.2, 0) is 11.3 Å². The Kier molecular flexibility index (Phi) is 4.71. The molecule has 0 unspecified atom stereocenters. The summed E-state index contributed by atoms with van der Waals surface area (Å²) in [4.78, 5) is 18.2. The molecule has 6 heteroatoms. The van der Waals surface area contributed by atoms with Crippen LogP contribution in [0, 0.1) is 5.92 Å². The number of carbonyl (C=O) groups is 1. The Bertz CT molecular complexity index is 666. The number of Topliss-reactive ketones (excluding diaryl/α,β-unsaturated/α-hetero) is 1. The zero-order valence-corrected chi connectivity index (χ0v) is 13.5. The molecule has 0 aliphatic carbocycles. The summed E-state index contributed by atoms with van der Waals surface area (Å²) in [5.41, 5.74) is 0.890. The van der Waals surface area contributed by atoms with Crippen molar-refractivity contribution in [3.63, 3.8) is 0 Å². The molecule has 1 aliphatic rings. The smallest absolute Gasteiger partial charge is 0.241 e. The number of hydrogen-bond donors (Lipinski definition) is 0. The first-order valence-corrected chi connectivity index (χ1v) is 7.85. The first-order chi connectivity index (χ1) is 11.2. The fourth-order valence-corrected chi connectivity index (χ4v) is 2.90. The third kappa shape index (κ3) is 3.76. The van der Waals surface area contributed by atoms with E-state index in [2.05, 4.69) is 15.0 Å². The minimum atomic E-state index is 0.132. The van der Waals surface area contributed by atoms with Crippen molar-refractivity contribution in [2.45, 2.75) is 26.3 Å². The molecule has 0 N–H and O–H groups in total. The van der Waals surface area contributed by atoms with Crippen molar-refractivity contribution < 1.29 is 14.1 Å². The molecular formula is C17H21N3O3. The van der Waals surface area contributed by atoms with Crippen LogP contribution in [0.2, 0.25) is 0 Å². The van der Waals surface area contributed by atoms with Gasteiger partial charge in [0, 0.05) is 18.0 Å². The van der Waals surface area contributed by atoms with E-state index in [0.717, 1.165) is 37.2 Å². The molecule has 0 amide bonds. The summed E-state index contributed by atoms with van der Waals surface area (Å²) in [7, 11) is 1.63.